The quantitative estimate of drug-likeness (QED) is 0.856. The summed E-state index contributed by atoms with van der Waals surface area (Å²) in [5.74, 6) is -0.240. The van der Waals surface area contributed by atoms with E-state index in [4.69, 9.17) is 5.14 Å². The van der Waals surface area contributed by atoms with E-state index in [1.54, 1.807) is 4.57 Å². The Morgan fingerprint density at radius 2 is 2.15 bits per heavy atom. The molecule has 112 valence electrons. The number of rotatable bonds is 5. The predicted octanol–water partition coefficient (Wildman–Crippen LogP) is 1.22. The third kappa shape index (κ3) is 3.04. The molecule has 0 atom stereocenters. The minimum Gasteiger partial charge on any atom is -0.346 e. The minimum absolute atomic E-state index is 0.0186. The second kappa shape index (κ2) is 5.21. The van der Waals surface area contributed by atoms with E-state index < -0.39 is 10.0 Å². The van der Waals surface area contributed by atoms with Crippen LogP contribution in [0.5, 0.6) is 0 Å². The highest BCUT2D eigenvalue weighted by molar-refractivity contribution is 7.89. The van der Waals surface area contributed by atoms with Crippen molar-refractivity contribution >= 4 is 15.9 Å². The highest BCUT2D eigenvalue weighted by Gasteiger charge is 2.34. The average Bonchev–Trinajstić information content (AvgIpc) is 2.71. The normalized spacial score (nSPS) is 17.6. The molecule has 1 aliphatic rings. The first-order valence-electron chi connectivity index (χ1n) is 6.81. The molecule has 1 amide bonds. The number of sulfonamides is 1. The van der Waals surface area contributed by atoms with Gasteiger partial charge in [-0.1, -0.05) is 6.92 Å². The fraction of sp³-hybridized carbons (Fsp3) is 0.615. The Hall–Kier alpha value is -1.34. The van der Waals surface area contributed by atoms with E-state index >= 15 is 0 Å². The van der Waals surface area contributed by atoms with E-state index in [0.717, 1.165) is 25.7 Å². The molecule has 1 aromatic rings. The number of carbonyl (C=O) groups excluding carboxylic acids is 1. The Labute approximate surface area is 119 Å². The zero-order valence-corrected chi connectivity index (χ0v) is 12.7. The molecule has 0 bridgehead atoms. The standard InChI is InChI=1S/C13H21N3O3S/c1-3-7-16-9-10(20(14,18)19)8-11(16)12(17)15-13(2)5-4-6-13/h8-9H,3-7H2,1-2H3,(H,15,17)(H2,14,18,19). The van der Waals surface area contributed by atoms with Crippen molar-refractivity contribution in [1.82, 2.24) is 9.88 Å². The summed E-state index contributed by atoms with van der Waals surface area (Å²) in [5.41, 5.74) is 0.184. The maximum atomic E-state index is 12.3. The summed E-state index contributed by atoms with van der Waals surface area (Å²) in [6.45, 7) is 4.54. The first-order valence-corrected chi connectivity index (χ1v) is 8.35. The van der Waals surface area contributed by atoms with Crippen LogP contribution >= 0.6 is 0 Å². The first kappa shape index (κ1) is 15.1. The molecule has 3 N–H and O–H groups in total. The number of hydrogen-bond donors (Lipinski definition) is 2. The summed E-state index contributed by atoms with van der Waals surface area (Å²) in [4.78, 5) is 12.3. The second-order valence-electron chi connectivity index (χ2n) is 5.67. The van der Waals surface area contributed by atoms with Crippen LogP contribution in [0.4, 0.5) is 0 Å². The molecule has 20 heavy (non-hydrogen) atoms. The number of primary sulfonamides is 1. The van der Waals surface area contributed by atoms with E-state index in [2.05, 4.69) is 5.32 Å². The zero-order chi connectivity index (χ0) is 15.0. The third-order valence-corrected chi connectivity index (χ3v) is 4.65. The van der Waals surface area contributed by atoms with Gasteiger partial charge in [0.1, 0.15) is 10.6 Å². The number of hydrogen-bond acceptors (Lipinski definition) is 3. The van der Waals surface area contributed by atoms with Gasteiger partial charge in [-0.25, -0.2) is 13.6 Å². The summed E-state index contributed by atoms with van der Waals surface area (Å²) in [6.07, 6.45) is 5.24. The molecular weight excluding hydrogens is 278 g/mol. The van der Waals surface area contributed by atoms with Crippen molar-refractivity contribution in [3.63, 3.8) is 0 Å². The lowest BCUT2D eigenvalue weighted by Crippen LogP contribution is -2.51. The predicted molar refractivity (Wildman–Crippen MR) is 75.8 cm³/mol. The van der Waals surface area contributed by atoms with E-state index in [1.165, 1.54) is 12.3 Å². The monoisotopic (exact) mass is 299 g/mol. The lowest BCUT2D eigenvalue weighted by Gasteiger charge is -2.39. The fourth-order valence-corrected chi connectivity index (χ4v) is 2.98. The molecule has 6 nitrogen and oxygen atoms in total. The molecule has 0 aliphatic heterocycles. The van der Waals surface area contributed by atoms with Gasteiger partial charge in [0, 0.05) is 18.3 Å². The molecule has 0 unspecified atom stereocenters. The molecule has 1 heterocycles. The number of aryl methyl sites for hydroxylation is 1. The Morgan fingerprint density at radius 3 is 2.60 bits per heavy atom. The molecular formula is C13H21N3O3S. The van der Waals surface area contributed by atoms with Crippen LogP contribution in [0.15, 0.2) is 17.2 Å². The van der Waals surface area contributed by atoms with Crippen LogP contribution in [0.2, 0.25) is 0 Å². The molecule has 0 spiro atoms. The number of aromatic nitrogens is 1. The summed E-state index contributed by atoms with van der Waals surface area (Å²) < 4.78 is 24.5. The maximum absolute atomic E-state index is 12.3. The second-order valence-corrected chi connectivity index (χ2v) is 7.23. The molecule has 7 heteroatoms. The van der Waals surface area contributed by atoms with Gasteiger partial charge in [0.2, 0.25) is 10.0 Å². The maximum Gasteiger partial charge on any atom is 0.268 e. The number of nitrogens with two attached hydrogens (primary N) is 1. The van der Waals surface area contributed by atoms with Gasteiger partial charge in [-0.2, -0.15) is 0 Å². The van der Waals surface area contributed by atoms with Gasteiger partial charge < -0.3 is 9.88 Å². The average molecular weight is 299 g/mol. The van der Waals surface area contributed by atoms with E-state index in [-0.39, 0.29) is 16.3 Å². The van der Waals surface area contributed by atoms with Crippen LogP contribution < -0.4 is 10.5 Å². The minimum atomic E-state index is -3.79. The summed E-state index contributed by atoms with van der Waals surface area (Å²) >= 11 is 0. The molecule has 1 fully saturated rings. The summed E-state index contributed by atoms with van der Waals surface area (Å²) in [6, 6.07) is 1.35. The van der Waals surface area contributed by atoms with Gasteiger partial charge in [-0.3, -0.25) is 4.79 Å². The van der Waals surface area contributed by atoms with Gasteiger partial charge in [0.15, 0.2) is 0 Å². The first-order chi connectivity index (χ1) is 9.25. The van der Waals surface area contributed by atoms with E-state index in [0.29, 0.717) is 12.2 Å². The molecule has 1 aromatic heterocycles. The van der Waals surface area contributed by atoms with Crippen LogP contribution in [-0.4, -0.2) is 24.4 Å². The fourth-order valence-electron chi connectivity index (χ4n) is 2.43. The van der Waals surface area contributed by atoms with Gasteiger partial charge in [-0.05, 0) is 38.7 Å². The number of nitrogens with one attached hydrogen (secondary N) is 1. The van der Waals surface area contributed by atoms with Crippen LogP contribution in [0.1, 0.15) is 50.0 Å². The van der Waals surface area contributed by atoms with Crippen molar-refractivity contribution in [1.29, 1.82) is 0 Å². The molecule has 1 saturated carbocycles. The molecule has 2 rings (SSSR count). The van der Waals surface area contributed by atoms with Gasteiger partial charge in [0.25, 0.3) is 5.91 Å². The van der Waals surface area contributed by atoms with Gasteiger partial charge >= 0.3 is 0 Å². The Kier molecular flexibility index (Phi) is 3.93. The number of nitrogens with zero attached hydrogens (tertiary/aromatic N) is 1. The highest BCUT2D eigenvalue weighted by atomic mass is 32.2. The van der Waals surface area contributed by atoms with Crippen LogP contribution in [0.3, 0.4) is 0 Å². The summed E-state index contributed by atoms with van der Waals surface area (Å²) in [5, 5.41) is 8.10. The van der Waals surface area contributed by atoms with Crippen molar-refractivity contribution in [2.45, 2.75) is 56.5 Å². The topological polar surface area (TPSA) is 94.2 Å². The number of carbonyl (C=O) groups is 1. The van der Waals surface area contributed by atoms with Gasteiger partial charge in [-0.15, -0.1) is 0 Å². The van der Waals surface area contributed by atoms with Crippen LogP contribution in [-0.2, 0) is 16.6 Å². The SMILES string of the molecule is CCCn1cc(S(N)(=O)=O)cc1C(=O)NC1(C)CCC1. The molecule has 0 radical (unpaired) electrons. The molecule has 0 aromatic carbocycles. The van der Waals surface area contributed by atoms with Crippen molar-refractivity contribution in [3.05, 3.63) is 18.0 Å². The Bertz CT molecular complexity index is 615. The molecule has 1 aliphatic carbocycles. The van der Waals surface area contributed by atoms with Crippen molar-refractivity contribution < 1.29 is 13.2 Å². The largest absolute Gasteiger partial charge is 0.346 e. The van der Waals surface area contributed by atoms with E-state index in [9.17, 15) is 13.2 Å². The number of amides is 1. The third-order valence-electron chi connectivity index (χ3n) is 3.77. The zero-order valence-electron chi connectivity index (χ0n) is 11.8. The van der Waals surface area contributed by atoms with Crippen molar-refractivity contribution in [2.75, 3.05) is 0 Å². The van der Waals surface area contributed by atoms with Crippen molar-refractivity contribution in [3.8, 4) is 0 Å². The molecule has 0 saturated heterocycles. The van der Waals surface area contributed by atoms with Crippen molar-refractivity contribution in [2.24, 2.45) is 5.14 Å². The van der Waals surface area contributed by atoms with Gasteiger partial charge in [0.05, 0.1) is 0 Å². The lowest BCUT2D eigenvalue weighted by atomic mass is 9.78. The van der Waals surface area contributed by atoms with Crippen LogP contribution in [0, 0.1) is 0 Å². The Morgan fingerprint density at radius 1 is 1.50 bits per heavy atom. The van der Waals surface area contributed by atoms with Crippen LogP contribution in [0.25, 0.3) is 0 Å². The smallest absolute Gasteiger partial charge is 0.268 e. The van der Waals surface area contributed by atoms with E-state index in [1.807, 2.05) is 13.8 Å². The highest BCUT2D eigenvalue weighted by Crippen LogP contribution is 2.31. The Balaban J connectivity index is 2.29. The lowest BCUT2D eigenvalue weighted by molar-refractivity contribution is 0.0840. The summed E-state index contributed by atoms with van der Waals surface area (Å²) in [7, 11) is -3.79.